The highest BCUT2D eigenvalue weighted by molar-refractivity contribution is 5.93. The second-order valence-electron chi connectivity index (χ2n) is 6.67. The number of benzene rings is 1. The molecule has 2 aromatic rings. The van der Waals surface area contributed by atoms with Gasteiger partial charge in [-0.3, -0.25) is 9.59 Å². The summed E-state index contributed by atoms with van der Waals surface area (Å²) in [5.41, 5.74) is -0.136. The first kappa shape index (κ1) is 21.5. The van der Waals surface area contributed by atoms with Crippen LogP contribution in [-0.2, 0) is 20.5 Å². The number of hydrogen-bond donors (Lipinski definition) is 0. The van der Waals surface area contributed by atoms with Crippen LogP contribution in [-0.4, -0.2) is 63.4 Å². The average molecular weight is 423 g/mol. The number of aromatic nitrogens is 3. The fraction of sp³-hybridized carbons (Fsp3) is 0.368. The summed E-state index contributed by atoms with van der Waals surface area (Å²) < 4.78 is 45.3. The third kappa shape index (κ3) is 4.85. The van der Waals surface area contributed by atoms with Gasteiger partial charge in [0, 0.05) is 31.4 Å². The van der Waals surface area contributed by atoms with E-state index in [0.717, 1.165) is 12.1 Å². The second kappa shape index (κ2) is 8.66. The van der Waals surface area contributed by atoms with Crippen LogP contribution in [0.3, 0.4) is 0 Å². The first-order valence-corrected chi connectivity index (χ1v) is 9.08. The van der Waals surface area contributed by atoms with Crippen LogP contribution in [0.4, 0.5) is 13.2 Å². The standard InChI is InChI=1S/C19H20F3N5O3/c1-13-9-14(11-15(10-13)19(20,21)22)18-23-12-25(24-18)5-3-16(28)26-6-4-17(29)27(26)7-8-30-2/h3,5,9-12H,4,6-8H2,1-2H3/b5-3-. The van der Waals surface area contributed by atoms with Crippen molar-refractivity contribution in [1.29, 1.82) is 0 Å². The molecule has 0 aliphatic carbocycles. The Morgan fingerprint density at radius 2 is 2.07 bits per heavy atom. The number of amides is 2. The Morgan fingerprint density at radius 3 is 2.77 bits per heavy atom. The van der Waals surface area contributed by atoms with Gasteiger partial charge in [-0.15, -0.1) is 5.10 Å². The molecule has 0 saturated carbocycles. The van der Waals surface area contributed by atoms with Crippen LogP contribution >= 0.6 is 0 Å². The van der Waals surface area contributed by atoms with Gasteiger partial charge in [0.25, 0.3) is 5.91 Å². The van der Waals surface area contributed by atoms with Crippen molar-refractivity contribution in [2.45, 2.75) is 19.5 Å². The van der Waals surface area contributed by atoms with E-state index in [9.17, 15) is 22.8 Å². The van der Waals surface area contributed by atoms with Gasteiger partial charge in [-0.1, -0.05) is 0 Å². The number of nitrogens with zero attached hydrogens (tertiary/aromatic N) is 5. The van der Waals surface area contributed by atoms with Gasteiger partial charge in [0.05, 0.1) is 25.3 Å². The fourth-order valence-corrected chi connectivity index (χ4v) is 3.02. The number of methoxy groups -OCH3 is 1. The molecule has 11 heteroatoms. The molecule has 1 aromatic heterocycles. The van der Waals surface area contributed by atoms with Crippen LogP contribution in [0.15, 0.2) is 30.6 Å². The highest BCUT2D eigenvalue weighted by atomic mass is 19.4. The van der Waals surface area contributed by atoms with Gasteiger partial charge >= 0.3 is 6.18 Å². The molecule has 1 aliphatic rings. The summed E-state index contributed by atoms with van der Waals surface area (Å²) in [7, 11) is 1.50. The van der Waals surface area contributed by atoms with Gasteiger partial charge in [0.1, 0.15) is 6.33 Å². The smallest absolute Gasteiger partial charge is 0.383 e. The summed E-state index contributed by atoms with van der Waals surface area (Å²) in [6.45, 7) is 2.37. The third-order valence-corrected chi connectivity index (χ3v) is 4.42. The molecule has 30 heavy (non-hydrogen) atoms. The maximum absolute atomic E-state index is 13.0. The van der Waals surface area contributed by atoms with Crippen molar-refractivity contribution in [3.05, 3.63) is 41.7 Å². The van der Waals surface area contributed by atoms with Gasteiger partial charge in [0.15, 0.2) is 5.82 Å². The van der Waals surface area contributed by atoms with Crippen LogP contribution < -0.4 is 0 Å². The van der Waals surface area contributed by atoms with Gasteiger partial charge in [-0.2, -0.15) is 13.2 Å². The molecule has 0 unspecified atom stereocenters. The molecular weight excluding hydrogens is 403 g/mol. The summed E-state index contributed by atoms with van der Waals surface area (Å²) >= 11 is 0. The first-order valence-electron chi connectivity index (χ1n) is 9.08. The number of halogens is 3. The van der Waals surface area contributed by atoms with E-state index in [1.165, 1.54) is 40.4 Å². The average Bonchev–Trinajstić information content (AvgIpc) is 3.30. The topological polar surface area (TPSA) is 80.6 Å². The zero-order valence-electron chi connectivity index (χ0n) is 16.4. The Morgan fingerprint density at radius 1 is 1.30 bits per heavy atom. The quantitative estimate of drug-likeness (QED) is 0.667. The molecule has 1 fully saturated rings. The van der Waals surface area contributed by atoms with Crippen molar-refractivity contribution in [3.8, 4) is 11.4 Å². The molecule has 0 spiro atoms. The Kier molecular flexibility index (Phi) is 6.20. The second-order valence-corrected chi connectivity index (χ2v) is 6.67. The van der Waals surface area contributed by atoms with Crippen LogP contribution in [0.25, 0.3) is 17.6 Å². The van der Waals surface area contributed by atoms with Gasteiger partial charge in [-0.05, 0) is 30.7 Å². The van der Waals surface area contributed by atoms with E-state index in [1.54, 1.807) is 13.0 Å². The maximum atomic E-state index is 13.0. The van der Waals surface area contributed by atoms with Crippen molar-refractivity contribution >= 4 is 18.0 Å². The molecule has 160 valence electrons. The molecule has 0 radical (unpaired) electrons. The number of hydrogen-bond acceptors (Lipinski definition) is 5. The van der Waals surface area contributed by atoms with Crippen LogP contribution in [0.2, 0.25) is 0 Å². The predicted octanol–water partition coefficient (Wildman–Crippen LogP) is 2.37. The summed E-state index contributed by atoms with van der Waals surface area (Å²) in [6, 6.07) is 3.57. The molecule has 0 N–H and O–H groups in total. The van der Waals surface area contributed by atoms with Gasteiger partial charge in [0.2, 0.25) is 5.91 Å². The number of ether oxygens (including phenoxy) is 1. The van der Waals surface area contributed by atoms with E-state index in [4.69, 9.17) is 4.74 Å². The van der Waals surface area contributed by atoms with Crippen molar-refractivity contribution in [3.63, 3.8) is 0 Å². The van der Waals surface area contributed by atoms with E-state index in [0.29, 0.717) is 12.2 Å². The number of carbonyl (C=O) groups excluding carboxylic acids is 2. The maximum Gasteiger partial charge on any atom is 0.416 e. The Labute approximate surface area is 170 Å². The summed E-state index contributed by atoms with van der Waals surface area (Å²) in [5.74, 6) is -0.500. The molecule has 1 saturated heterocycles. The lowest BCUT2D eigenvalue weighted by Crippen LogP contribution is -2.44. The number of hydrazine groups is 1. The third-order valence-electron chi connectivity index (χ3n) is 4.42. The largest absolute Gasteiger partial charge is 0.416 e. The molecule has 8 nitrogen and oxygen atoms in total. The molecule has 3 rings (SSSR count). The lowest BCUT2D eigenvalue weighted by molar-refractivity contribution is -0.151. The van der Waals surface area contributed by atoms with Crippen molar-refractivity contribution in [2.75, 3.05) is 26.8 Å². The molecule has 1 aliphatic heterocycles. The lowest BCUT2D eigenvalue weighted by Gasteiger charge is -2.26. The zero-order chi connectivity index (χ0) is 21.9. The molecule has 1 aromatic carbocycles. The Hall–Kier alpha value is -3.21. The molecule has 2 amide bonds. The molecule has 0 bridgehead atoms. The summed E-state index contributed by atoms with van der Waals surface area (Å²) in [6.07, 6.45) is -0.416. The van der Waals surface area contributed by atoms with E-state index in [1.807, 2.05) is 0 Å². The summed E-state index contributed by atoms with van der Waals surface area (Å²) in [4.78, 5) is 28.4. The minimum Gasteiger partial charge on any atom is -0.383 e. The Bertz CT molecular complexity index is 971. The Balaban J connectivity index is 1.74. The van der Waals surface area contributed by atoms with Crippen molar-refractivity contribution < 1.29 is 27.5 Å². The van der Waals surface area contributed by atoms with E-state index in [2.05, 4.69) is 10.1 Å². The number of rotatable bonds is 6. The van der Waals surface area contributed by atoms with E-state index < -0.39 is 17.6 Å². The zero-order valence-corrected chi connectivity index (χ0v) is 16.4. The lowest BCUT2D eigenvalue weighted by atomic mass is 10.1. The minimum absolute atomic E-state index is 0.0966. The SMILES string of the molecule is COCCN1C(=O)CCN1C(=O)/C=C\n1cnc(-c2cc(C)cc(C(F)(F)F)c2)n1. The number of alkyl halides is 3. The van der Waals surface area contributed by atoms with Crippen molar-refractivity contribution in [1.82, 2.24) is 24.8 Å². The monoisotopic (exact) mass is 423 g/mol. The first-order chi connectivity index (χ1) is 14.2. The minimum atomic E-state index is -4.47. The van der Waals surface area contributed by atoms with Crippen LogP contribution in [0.5, 0.6) is 0 Å². The predicted molar refractivity (Wildman–Crippen MR) is 100 cm³/mol. The summed E-state index contributed by atoms with van der Waals surface area (Å²) in [5, 5.41) is 6.75. The van der Waals surface area contributed by atoms with Gasteiger partial charge < -0.3 is 4.74 Å². The normalized spacial score (nSPS) is 14.9. The molecule has 2 heterocycles. The van der Waals surface area contributed by atoms with Crippen LogP contribution in [0, 0.1) is 6.92 Å². The van der Waals surface area contributed by atoms with Gasteiger partial charge in [-0.25, -0.2) is 19.7 Å². The van der Waals surface area contributed by atoms with Crippen molar-refractivity contribution in [2.24, 2.45) is 0 Å². The highest BCUT2D eigenvalue weighted by Crippen LogP contribution is 2.32. The van der Waals surface area contributed by atoms with Crippen LogP contribution in [0.1, 0.15) is 17.5 Å². The fourth-order valence-electron chi connectivity index (χ4n) is 3.02. The molecular formula is C19H20F3N5O3. The number of carbonyl (C=O) groups is 2. The number of aryl methyl sites for hydroxylation is 1. The van der Waals surface area contributed by atoms with E-state index in [-0.39, 0.29) is 36.8 Å². The molecule has 0 atom stereocenters. The van der Waals surface area contributed by atoms with E-state index >= 15 is 0 Å². The highest BCUT2D eigenvalue weighted by Gasteiger charge is 2.32.